The summed E-state index contributed by atoms with van der Waals surface area (Å²) < 4.78 is 27.6. The molecule has 1 N–H and O–H groups in total. The van der Waals surface area contributed by atoms with Crippen LogP contribution in [0.5, 0.6) is 0 Å². The van der Waals surface area contributed by atoms with Gasteiger partial charge in [-0.05, 0) is 6.92 Å². The molecule has 0 unspecified atom stereocenters. The summed E-state index contributed by atoms with van der Waals surface area (Å²) in [6.45, 7) is 3.40. The van der Waals surface area contributed by atoms with Gasteiger partial charge in [0.1, 0.15) is 0 Å². The molecule has 1 aliphatic rings. The van der Waals surface area contributed by atoms with Crippen molar-refractivity contribution in [2.24, 2.45) is 0 Å². The molecule has 2 rings (SSSR count). The van der Waals surface area contributed by atoms with Crippen LogP contribution in [0.25, 0.3) is 0 Å². The summed E-state index contributed by atoms with van der Waals surface area (Å²) in [5.74, 6) is -0.119. The minimum absolute atomic E-state index is 0.0405. The van der Waals surface area contributed by atoms with Crippen molar-refractivity contribution in [2.75, 3.05) is 19.6 Å². The zero-order valence-corrected chi connectivity index (χ0v) is 11.0. The maximum Gasteiger partial charge on any atom is 0.262 e. The lowest BCUT2D eigenvalue weighted by Gasteiger charge is -2.17. The van der Waals surface area contributed by atoms with Crippen molar-refractivity contribution in [1.29, 1.82) is 0 Å². The average molecular weight is 272 g/mol. The number of amides is 1. The van der Waals surface area contributed by atoms with Gasteiger partial charge in [-0.25, -0.2) is 13.4 Å². The van der Waals surface area contributed by atoms with Gasteiger partial charge < -0.3 is 9.88 Å². The second-order valence-electron chi connectivity index (χ2n) is 4.05. The first kappa shape index (κ1) is 13.0. The van der Waals surface area contributed by atoms with Crippen molar-refractivity contribution in [3.8, 4) is 0 Å². The number of imidazole rings is 1. The third-order valence-electron chi connectivity index (χ3n) is 2.85. The Morgan fingerprint density at radius 3 is 2.89 bits per heavy atom. The zero-order chi connectivity index (χ0) is 13.2. The normalized spacial score (nSPS) is 18.4. The quantitative estimate of drug-likeness (QED) is 0.797. The Morgan fingerprint density at radius 1 is 1.44 bits per heavy atom. The van der Waals surface area contributed by atoms with Gasteiger partial charge in [-0.3, -0.25) is 4.79 Å². The second-order valence-corrected chi connectivity index (χ2v) is 5.93. The molecule has 7 nitrogen and oxygen atoms in total. The molecule has 8 heteroatoms. The molecule has 1 aromatic heterocycles. The van der Waals surface area contributed by atoms with Gasteiger partial charge in [-0.1, -0.05) is 0 Å². The lowest BCUT2D eigenvalue weighted by atomic mass is 10.4. The average Bonchev–Trinajstić information content (AvgIpc) is 2.72. The van der Waals surface area contributed by atoms with Gasteiger partial charge >= 0.3 is 0 Å². The van der Waals surface area contributed by atoms with Crippen molar-refractivity contribution >= 4 is 15.9 Å². The molecular weight excluding hydrogens is 256 g/mol. The first-order chi connectivity index (χ1) is 8.54. The third kappa shape index (κ3) is 2.54. The maximum atomic E-state index is 12.3. The van der Waals surface area contributed by atoms with Gasteiger partial charge in [0.2, 0.25) is 5.91 Å². The molecule has 1 saturated heterocycles. The van der Waals surface area contributed by atoms with E-state index in [4.69, 9.17) is 0 Å². The highest BCUT2D eigenvalue weighted by molar-refractivity contribution is 7.89. The molecule has 0 bridgehead atoms. The number of hydrogen-bond donors (Lipinski definition) is 1. The van der Waals surface area contributed by atoms with Crippen LogP contribution in [-0.4, -0.2) is 47.8 Å². The minimum atomic E-state index is -3.59. The van der Waals surface area contributed by atoms with Crippen LogP contribution in [0.4, 0.5) is 0 Å². The Hall–Kier alpha value is -1.41. The molecule has 0 saturated carbocycles. The van der Waals surface area contributed by atoms with Crippen molar-refractivity contribution in [3.63, 3.8) is 0 Å². The molecule has 0 spiro atoms. The summed E-state index contributed by atoms with van der Waals surface area (Å²) in [6, 6.07) is 0. The highest BCUT2D eigenvalue weighted by Crippen LogP contribution is 2.14. The molecule has 0 aromatic carbocycles. The van der Waals surface area contributed by atoms with E-state index in [2.05, 4.69) is 10.3 Å². The van der Waals surface area contributed by atoms with E-state index in [9.17, 15) is 13.2 Å². The smallest absolute Gasteiger partial charge is 0.262 e. The Kier molecular flexibility index (Phi) is 3.67. The van der Waals surface area contributed by atoms with E-state index in [0.717, 1.165) is 0 Å². The molecular formula is C10H16N4O3S. The fourth-order valence-electron chi connectivity index (χ4n) is 1.76. The number of aryl methyl sites for hydroxylation is 1. The van der Waals surface area contributed by atoms with E-state index in [0.29, 0.717) is 13.1 Å². The molecule has 100 valence electrons. The number of nitrogens with zero attached hydrogens (tertiary/aromatic N) is 3. The molecule has 2 heterocycles. The van der Waals surface area contributed by atoms with Crippen molar-refractivity contribution in [2.45, 2.75) is 24.9 Å². The monoisotopic (exact) mass is 272 g/mol. The van der Waals surface area contributed by atoms with Crippen molar-refractivity contribution in [1.82, 2.24) is 19.2 Å². The van der Waals surface area contributed by atoms with Gasteiger partial charge in [0.05, 0.1) is 6.33 Å². The van der Waals surface area contributed by atoms with Crippen LogP contribution in [-0.2, 0) is 21.4 Å². The number of carbonyl (C=O) groups excluding carboxylic acids is 1. The summed E-state index contributed by atoms with van der Waals surface area (Å²) in [4.78, 5) is 15.1. The fourth-order valence-corrected chi connectivity index (χ4v) is 3.14. The lowest BCUT2D eigenvalue weighted by molar-refractivity contribution is -0.120. The van der Waals surface area contributed by atoms with Crippen LogP contribution in [0.15, 0.2) is 17.6 Å². The molecule has 0 aliphatic carbocycles. The molecule has 1 fully saturated rings. The van der Waals surface area contributed by atoms with E-state index in [1.54, 1.807) is 4.57 Å². The maximum absolute atomic E-state index is 12.3. The summed E-state index contributed by atoms with van der Waals surface area (Å²) in [5, 5.41) is 2.68. The highest BCUT2D eigenvalue weighted by Gasteiger charge is 2.28. The Bertz CT molecular complexity index is 537. The third-order valence-corrected chi connectivity index (χ3v) is 4.63. The van der Waals surface area contributed by atoms with E-state index in [1.807, 2.05) is 6.92 Å². The molecule has 1 aliphatic heterocycles. The first-order valence-electron chi connectivity index (χ1n) is 5.82. The van der Waals surface area contributed by atoms with Crippen molar-refractivity contribution in [3.05, 3.63) is 12.5 Å². The fraction of sp³-hybridized carbons (Fsp3) is 0.600. The minimum Gasteiger partial charge on any atom is -0.355 e. The summed E-state index contributed by atoms with van der Waals surface area (Å²) in [6.07, 6.45) is 3.19. The number of hydrogen-bond acceptors (Lipinski definition) is 4. The largest absolute Gasteiger partial charge is 0.355 e. The Morgan fingerprint density at radius 2 is 2.22 bits per heavy atom. The van der Waals surface area contributed by atoms with Crippen LogP contribution >= 0.6 is 0 Å². The van der Waals surface area contributed by atoms with Gasteiger partial charge in [0, 0.05) is 38.8 Å². The zero-order valence-electron chi connectivity index (χ0n) is 10.2. The van der Waals surface area contributed by atoms with E-state index in [-0.39, 0.29) is 30.4 Å². The van der Waals surface area contributed by atoms with Crippen LogP contribution in [0.1, 0.15) is 13.3 Å². The second kappa shape index (κ2) is 5.07. The van der Waals surface area contributed by atoms with Gasteiger partial charge in [0.25, 0.3) is 10.0 Å². The topological polar surface area (TPSA) is 84.3 Å². The van der Waals surface area contributed by atoms with Crippen LogP contribution in [0, 0.1) is 0 Å². The molecule has 0 atom stereocenters. The van der Waals surface area contributed by atoms with Crippen molar-refractivity contribution < 1.29 is 13.2 Å². The van der Waals surface area contributed by atoms with Gasteiger partial charge in [0.15, 0.2) is 5.03 Å². The number of sulfonamides is 1. The highest BCUT2D eigenvalue weighted by atomic mass is 32.2. The molecule has 0 radical (unpaired) electrons. The molecule has 1 amide bonds. The summed E-state index contributed by atoms with van der Waals surface area (Å²) in [5.41, 5.74) is 0. The predicted octanol–water partition coefficient (Wildman–Crippen LogP) is -0.586. The standard InChI is InChI=1S/C10H16N4O3S/c1-2-13-7-10(12-8-13)18(16,17)14-5-3-9(15)11-4-6-14/h7-8H,2-6H2,1H3,(H,11,15). The van der Waals surface area contributed by atoms with Gasteiger partial charge in [-0.2, -0.15) is 4.31 Å². The van der Waals surface area contributed by atoms with Crippen LogP contribution < -0.4 is 5.32 Å². The summed E-state index contributed by atoms with van der Waals surface area (Å²) in [7, 11) is -3.59. The molecule has 18 heavy (non-hydrogen) atoms. The van der Waals surface area contributed by atoms with Crippen LogP contribution in [0.3, 0.4) is 0 Å². The summed E-state index contributed by atoms with van der Waals surface area (Å²) >= 11 is 0. The van der Waals surface area contributed by atoms with Crippen LogP contribution in [0.2, 0.25) is 0 Å². The van der Waals surface area contributed by atoms with E-state index in [1.165, 1.54) is 16.8 Å². The SMILES string of the molecule is CCn1cnc(S(=O)(=O)N2CCNC(=O)CC2)c1. The Balaban J connectivity index is 2.22. The number of nitrogens with one attached hydrogen (secondary N) is 1. The van der Waals surface area contributed by atoms with E-state index >= 15 is 0 Å². The number of carbonyl (C=O) groups is 1. The Labute approximate surface area is 106 Å². The number of rotatable bonds is 3. The van der Waals surface area contributed by atoms with Gasteiger partial charge in [-0.15, -0.1) is 0 Å². The van der Waals surface area contributed by atoms with E-state index < -0.39 is 10.0 Å². The first-order valence-corrected chi connectivity index (χ1v) is 7.26. The predicted molar refractivity (Wildman–Crippen MR) is 64.3 cm³/mol. The molecule has 1 aromatic rings. The lowest BCUT2D eigenvalue weighted by Crippen LogP contribution is -2.34. The number of aromatic nitrogens is 2.